The third kappa shape index (κ3) is 5.23. The fourth-order valence-electron chi connectivity index (χ4n) is 2.91. The van der Waals surface area contributed by atoms with Gasteiger partial charge in [0, 0.05) is 10.9 Å². The van der Waals surface area contributed by atoms with Crippen LogP contribution in [0.4, 0.5) is 5.00 Å². The molecule has 0 aliphatic heterocycles. The molecular formula is C23H23NO4S. The first-order chi connectivity index (χ1) is 14.1. The van der Waals surface area contributed by atoms with Crippen molar-refractivity contribution in [2.24, 2.45) is 0 Å². The predicted molar refractivity (Wildman–Crippen MR) is 116 cm³/mol. The molecule has 0 unspecified atom stereocenters. The minimum Gasteiger partial charge on any atom is -0.494 e. The van der Waals surface area contributed by atoms with E-state index in [9.17, 15) is 9.59 Å². The van der Waals surface area contributed by atoms with Crippen LogP contribution in [0.15, 0.2) is 60.0 Å². The van der Waals surface area contributed by atoms with Gasteiger partial charge in [0.25, 0.3) is 0 Å². The SMILES string of the molecule is CCOC(=O)c1c(-c2ccccc2)csc1NC(=O)Cc1ccc(OCC)cc1. The summed E-state index contributed by atoms with van der Waals surface area (Å²) in [5.41, 5.74) is 2.91. The number of anilines is 1. The number of carbonyl (C=O) groups is 2. The van der Waals surface area contributed by atoms with E-state index in [1.54, 1.807) is 6.92 Å². The molecule has 3 aromatic rings. The second kappa shape index (κ2) is 9.89. The molecular weight excluding hydrogens is 386 g/mol. The van der Waals surface area contributed by atoms with E-state index in [4.69, 9.17) is 9.47 Å². The van der Waals surface area contributed by atoms with E-state index in [2.05, 4.69) is 5.32 Å². The highest BCUT2D eigenvalue weighted by molar-refractivity contribution is 7.15. The lowest BCUT2D eigenvalue weighted by atomic mass is 10.0. The van der Waals surface area contributed by atoms with Gasteiger partial charge < -0.3 is 14.8 Å². The van der Waals surface area contributed by atoms with Crippen molar-refractivity contribution in [2.75, 3.05) is 18.5 Å². The summed E-state index contributed by atoms with van der Waals surface area (Å²) in [6.07, 6.45) is 0.202. The summed E-state index contributed by atoms with van der Waals surface area (Å²) in [5, 5.41) is 5.24. The van der Waals surface area contributed by atoms with Gasteiger partial charge in [-0.15, -0.1) is 11.3 Å². The summed E-state index contributed by atoms with van der Waals surface area (Å²) in [7, 11) is 0. The quantitative estimate of drug-likeness (QED) is 0.521. The molecule has 0 saturated carbocycles. The Morgan fingerprint density at radius 2 is 1.69 bits per heavy atom. The molecule has 29 heavy (non-hydrogen) atoms. The van der Waals surface area contributed by atoms with Gasteiger partial charge in [-0.2, -0.15) is 0 Å². The highest BCUT2D eigenvalue weighted by atomic mass is 32.1. The largest absolute Gasteiger partial charge is 0.494 e. The van der Waals surface area contributed by atoms with E-state index in [1.807, 2.05) is 66.9 Å². The zero-order valence-electron chi connectivity index (χ0n) is 16.4. The van der Waals surface area contributed by atoms with Gasteiger partial charge >= 0.3 is 5.97 Å². The molecule has 0 fully saturated rings. The number of hydrogen-bond acceptors (Lipinski definition) is 5. The van der Waals surface area contributed by atoms with Crippen LogP contribution >= 0.6 is 11.3 Å². The summed E-state index contributed by atoms with van der Waals surface area (Å²) in [6.45, 7) is 4.55. The molecule has 1 aromatic heterocycles. The van der Waals surface area contributed by atoms with E-state index in [-0.39, 0.29) is 18.9 Å². The number of rotatable bonds is 8. The maximum Gasteiger partial charge on any atom is 0.341 e. The molecule has 0 aliphatic carbocycles. The molecule has 1 heterocycles. The highest BCUT2D eigenvalue weighted by Crippen LogP contribution is 2.36. The smallest absolute Gasteiger partial charge is 0.341 e. The molecule has 0 saturated heterocycles. The first-order valence-electron chi connectivity index (χ1n) is 9.48. The van der Waals surface area contributed by atoms with Crippen molar-refractivity contribution in [1.82, 2.24) is 0 Å². The van der Waals surface area contributed by atoms with Gasteiger partial charge in [-0.3, -0.25) is 4.79 Å². The van der Waals surface area contributed by atoms with Crippen molar-refractivity contribution in [3.63, 3.8) is 0 Å². The third-order valence-electron chi connectivity index (χ3n) is 4.21. The average molecular weight is 410 g/mol. The van der Waals surface area contributed by atoms with Crippen molar-refractivity contribution in [1.29, 1.82) is 0 Å². The number of ether oxygens (including phenoxy) is 2. The van der Waals surface area contributed by atoms with Gasteiger partial charge in [-0.1, -0.05) is 42.5 Å². The minimum atomic E-state index is -0.441. The number of hydrogen-bond donors (Lipinski definition) is 1. The lowest BCUT2D eigenvalue weighted by molar-refractivity contribution is -0.115. The molecule has 0 spiro atoms. The second-order valence-corrected chi connectivity index (χ2v) is 7.12. The van der Waals surface area contributed by atoms with E-state index in [0.29, 0.717) is 17.2 Å². The molecule has 0 atom stereocenters. The fraction of sp³-hybridized carbons (Fsp3) is 0.217. The maximum absolute atomic E-state index is 12.6. The Morgan fingerprint density at radius 1 is 0.966 bits per heavy atom. The van der Waals surface area contributed by atoms with Crippen LogP contribution in [0, 0.1) is 0 Å². The summed E-state index contributed by atoms with van der Waals surface area (Å²) < 4.78 is 10.6. The number of nitrogens with one attached hydrogen (secondary N) is 1. The Bertz CT molecular complexity index is 964. The van der Waals surface area contributed by atoms with Crippen molar-refractivity contribution in [3.8, 4) is 16.9 Å². The van der Waals surface area contributed by atoms with Crippen LogP contribution in [0.3, 0.4) is 0 Å². The first kappa shape index (κ1) is 20.6. The van der Waals surface area contributed by atoms with Crippen LogP contribution in [0.25, 0.3) is 11.1 Å². The van der Waals surface area contributed by atoms with Gasteiger partial charge in [0.15, 0.2) is 0 Å². The number of benzene rings is 2. The van der Waals surface area contributed by atoms with Crippen molar-refractivity contribution >= 4 is 28.2 Å². The lowest BCUT2D eigenvalue weighted by Gasteiger charge is -2.09. The minimum absolute atomic E-state index is 0.193. The predicted octanol–water partition coefficient (Wildman–Crippen LogP) is 5.17. The van der Waals surface area contributed by atoms with Gasteiger partial charge in [0.2, 0.25) is 5.91 Å². The Labute approximate surface area is 174 Å². The first-order valence-corrected chi connectivity index (χ1v) is 10.4. The van der Waals surface area contributed by atoms with Crippen LogP contribution in [0.2, 0.25) is 0 Å². The van der Waals surface area contributed by atoms with Crippen molar-refractivity contribution in [3.05, 3.63) is 71.1 Å². The average Bonchev–Trinajstić information content (AvgIpc) is 3.14. The highest BCUT2D eigenvalue weighted by Gasteiger charge is 2.22. The molecule has 0 aliphatic rings. The standard InChI is InChI=1S/C23H23NO4S/c1-3-27-18-12-10-16(11-13-18)14-20(25)24-22-21(23(26)28-4-2)19(15-29-22)17-8-6-5-7-9-17/h5-13,15H,3-4,14H2,1-2H3,(H,24,25). The van der Waals surface area contributed by atoms with Crippen LogP contribution in [-0.4, -0.2) is 25.1 Å². The molecule has 0 bridgehead atoms. The van der Waals surface area contributed by atoms with Crippen molar-refractivity contribution < 1.29 is 19.1 Å². The maximum atomic E-state index is 12.6. The third-order valence-corrected chi connectivity index (χ3v) is 5.10. The van der Waals surface area contributed by atoms with E-state index in [1.165, 1.54) is 11.3 Å². The molecule has 5 nitrogen and oxygen atoms in total. The summed E-state index contributed by atoms with van der Waals surface area (Å²) in [5.74, 6) is 0.136. The van der Waals surface area contributed by atoms with Crippen LogP contribution < -0.4 is 10.1 Å². The van der Waals surface area contributed by atoms with E-state index < -0.39 is 5.97 Å². The summed E-state index contributed by atoms with van der Waals surface area (Å²) >= 11 is 1.32. The Kier molecular flexibility index (Phi) is 7.03. The zero-order chi connectivity index (χ0) is 20.6. The topological polar surface area (TPSA) is 64.6 Å². The van der Waals surface area contributed by atoms with Crippen LogP contribution in [-0.2, 0) is 16.0 Å². The normalized spacial score (nSPS) is 10.4. The van der Waals surface area contributed by atoms with Crippen molar-refractivity contribution in [2.45, 2.75) is 20.3 Å². The number of esters is 1. The Hall–Kier alpha value is -3.12. The Balaban J connectivity index is 1.80. The van der Waals surface area contributed by atoms with Gasteiger partial charge in [-0.05, 0) is 37.1 Å². The van der Waals surface area contributed by atoms with E-state index >= 15 is 0 Å². The molecule has 0 radical (unpaired) electrons. The van der Waals surface area contributed by atoms with Crippen LogP contribution in [0.1, 0.15) is 29.8 Å². The van der Waals surface area contributed by atoms with Gasteiger partial charge in [0.1, 0.15) is 16.3 Å². The summed E-state index contributed by atoms with van der Waals surface area (Å²) in [4.78, 5) is 25.2. The molecule has 1 N–H and O–H groups in total. The van der Waals surface area contributed by atoms with Gasteiger partial charge in [-0.25, -0.2) is 4.79 Å². The number of amides is 1. The van der Waals surface area contributed by atoms with Gasteiger partial charge in [0.05, 0.1) is 19.6 Å². The lowest BCUT2D eigenvalue weighted by Crippen LogP contribution is -2.16. The fourth-order valence-corrected chi connectivity index (χ4v) is 3.89. The number of carbonyl (C=O) groups excluding carboxylic acids is 2. The summed E-state index contributed by atoms with van der Waals surface area (Å²) in [6, 6.07) is 17.0. The monoisotopic (exact) mass is 409 g/mol. The Morgan fingerprint density at radius 3 is 2.34 bits per heavy atom. The molecule has 2 aromatic carbocycles. The zero-order valence-corrected chi connectivity index (χ0v) is 17.3. The molecule has 3 rings (SSSR count). The van der Waals surface area contributed by atoms with E-state index in [0.717, 1.165) is 22.4 Å². The second-order valence-electron chi connectivity index (χ2n) is 6.24. The van der Waals surface area contributed by atoms with Crippen LogP contribution in [0.5, 0.6) is 5.75 Å². The number of thiophene rings is 1. The molecule has 6 heteroatoms. The molecule has 150 valence electrons. The molecule has 1 amide bonds.